The SMILES string of the molecule is CN=CC(=CN)c1ccc(Nc2ncc3ccnc(NCC4(CO)COC4)c3n2)c(OC)c1. The highest BCUT2D eigenvalue weighted by atomic mass is 16.5. The van der Waals surface area contributed by atoms with Crippen molar-refractivity contribution < 1.29 is 14.6 Å². The smallest absolute Gasteiger partial charge is 0.227 e. The fraction of sp³-hybridized carbons (Fsp3) is 0.304. The van der Waals surface area contributed by atoms with E-state index in [0.717, 1.165) is 16.5 Å². The van der Waals surface area contributed by atoms with Gasteiger partial charge in [0.15, 0.2) is 5.82 Å². The van der Waals surface area contributed by atoms with E-state index in [0.29, 0.717) is 48.5 Å². The van der Waals surface area contributed by atoms with Gasteiger partial charge in [-0.05, 0) is 23.8 Å². The van der Waals surface area contributed by atoms with Gasteiger partial charge in [0.2, 0.25) is 5.95 Å². The summed E-state index contributed by atoms with van der Waals surface area (Å²) in [6.07, 6.45) is 6.62. The number of pyridine rings is 1. The number of fused-ring (bicyclic) bond motifs is 1. The highest BCUT2D eigenvalue weighted by molar-refractivity contribution is 6.09. The van der Waals surface area contributed by atoms with E-state index in [1.807, 2.05) is 24.3 Å². The molecular formula is C23H27N7O3. The largest absolute Gasteiger partial charge is 0.495 e. The van der Waals surface area contributed by atoms with E-state index in [9.17, 15) is 5.11 Å². The molecule has 10 heteroatoms. The molecule has 0 atom stereocenters. The molecule has 0 spiro atoms. The fourth-order valence-electron chi connectivity index (χ4n) is 3.50. The number of methoxy groups -OCH3 is 1. The van der Waals surface area contributed by atoms with Crippen LogP contribution in [0.4, 0.5) is 17.5 Å². The quantitative estimate of drug-likeness (QED) is 0.362. The average Bonchev–Trinajstić information content (AvgIpc) is 2.82. The summed E-state index contributed by atoms with van der Waals surface area (Å²) in [5, 5.41) is 17.1. The van der Waals surface area contributed by atoms with Crippen molar-refractivity contribution in [2.24, 2.45) is 16.1 Å². The van der Waals surface area contributed by atoms with Gasteiger partial charge in [-0.15, -0.1) is 0 Å². The Labute approximate surface area is 191 Å². The second kappa shape index (κ2) is 9.80. The summed E-state index contributed by atoms with van der Waals surface area (Å²) in [6.45, 7) is 1.62. The topological polar surface area (TPSA) is 140 Å². The van der Waals surface area contributed by atoms with E-state index in [1.165, 1.54) is 6.20 Å². The molecule has 0 aliphatic carbocycles. The number of aliphatic imine (C=N–C) groups is 1. The van der Waals surface area contributed by atoms with Crippen LogP contribution < -0.4 is 21.1 Å². The lowest BCUT2D eigenvalue weighted by Gasteiger charge is -2.39. The Bertz CT molecular complexity index is 1190. The van der Waals surface area contributed by atoms with Crippen LogP contribution in [0.1, 0.15) is 5.56 Å². The molecule has 4 rings (SSSR count). The van der Waals surface area contributed by atoms with Crippen LogP contribution in [-0.2, 0) is 4.74 Å². The fourth-order valence-corrected chi connectivity index (χ4v) is 3.50. The maximum absolute atomic E-state index is 9.68. The summed E-state index contributed by atoms with van der Waals surface area (Å²) in [5.41, 5.74) is 8.47. The molecule has 0 amide bonds. The number of hydrogen-bond donors (Lipinski definition) is 4. The molecule has 1 aromatic carbocycles. The Kier molecular flexibility index (Phi) is 6.66. The molecule has 2 aromatic heterocycles. The lowest BCUT2D eigenvalue weighted by atomic mass is 9.87. The summed E-state index contributed by atoms with van der Waals surface area (Å²) in [5.74, 6) is 1.63. The number of benzene rings is 1. The van der Waals surface area contributed by atoms with Gasteiger partial charge in [-0.2, -0.15) is 0 Å². The predicted octanol–water partition coefficient (Wildman–Crippen LogP) is 2.20. The van der Waals surface area contributed by atoms with Crippen molar-refractivity contribution in [3.63, 3.8) is 0 Å². The van der Waals surface area contributed by atoms with E-state index in [1.54, 1.807) is 32.8 Å². The number of hydrogen-bond acceptors (Lipinski definition) is 10. The number of nitrogens with two attached hydrogens (primary N) is 1. The summed E-state index contributed by atoms with van der Waals surface area (Å²) < 4.78 is 10.8. The van der Waals surface area contributed by atoms with Gasteiger partial charge in [0, 0.05) is 49.4 Å². The normalized spacial score (nSPS) is 15.4. The second-order valence-electron chi connectivity index (χ2n) is 7.84. The van der Waals surface area contributed by atoms with Gasteiger partial charge in [-0.1, -0.05) is 6.07 Å². The highest BCUT2D eigenvalue weighted by Gasteiger charge is 2.38. The van der Waals surface area contributed by atoms with Gasteiger partial charge in [0.05, 0.1) is 38.0 Å². The van der Waals surface area contributed by atoms with Crippen molar-refractivity contribution in [1.82, 2.24) is 15.0 Å². The lowest BCUT2D eigenvalue weighted by Crippen LogP contribution is -2.50. The zero-order valence-corrected chi connectivity index (χ0v) is 18.6. The van der Waals surface area contributed by atoms with E-state index in [2.05, 4.69) is 30.6 Å². The number of nitrogens with one attached hydrogen (secondary N) is 2. The Morgan fingerprint density at radius 3 is 2.85 bits per heavy atom. The molecule has 1 aliphatic rings. The average molecular weight is 450 g/mol. The van der Waals surface area contributed by atoms with Gasteiger partial charge >= 0.3 is 0 Å². The molecule has 1 saturated heterocycles. The van der Waals surface area contributed by atoms with E-state index >= 15 is 0 Å². The molecule has 1 aliphatic heterocycles. The zero-order chi connectivity index (χ0) is 23.3. The molecule has 3 heterocycles. The van der Waals surface area contributed by atoms with Crippen LogP contribution in [0.15, 0.2) is 47.9 Å². The van der Waals surface area contributed by atoms with Crippen molar-refractivity contribution in [1.29, 1.82) is 0 Å². The standard InChI is InChI=1S/C23H27N7O3/c1-25-9-17(8-24)15-3-4-18(19(7-15)32-2)29-22-27-10-16-5-6-26-21(20(16)30-22)28-11-23(12-31)13-33-14-23/h3-10,31H,11-14,24H2,1-2H3,(H,26,28)(H,27,29,30). The van der Waals surface area contributed by atoms with E-state index in [4.69, 9.17) is 15.2 Å². The first-order valence-corrected chi connectivity index (χ1v) is 10.4. The van der Waals surface area contributed by atoms with Gasteiger partial charge < -0.3 is 30.9 Å². The Balaban J connectivity index is 1.60. The molecule has 3 aromatic rings. The monoisotopic (exact) mass is 449 g/mol. The van der Waals surface area contributed by atoms with Crippen molar-refractivity contribution in [2.45, 2.75) is 0 Å². The van der Waals surface area contributed by atoms with Crippen LogP contribution >= 0.6 is 0 Å². The van der Waals surface area contributed by atoms with Gasteiger partial charge in [-0.25, -0.2) is 15.0 Å². The third-order valence-corrected chi connectivity index (χ3v) is 5.51. The van der Waals surface area contributed by atoms with Crippen LogP contribution in [0.25, 0.3) is 16.5 Å². The van der Waals surface area contributed by atoms with Crippen LogP contribution in [0.3, 0.4) is 0 Å². The highest BCUT2D eigenvalue weighted by Crippen LogP contribution is 2.31. The number of allylic oxidation sites excluding steroid dienone is 1. The van der Waals surface area contributed by atoms with Gasteiger partial charge in [0.1, 0.15) is 11.3 Å². The van der Waals surface area contributed by atoms with Crippen LogP contribution in [0.5, 0.6) is 5.75 Å². The summed E-state index contributed by atoms with van der Waals surface area (Å²) in [6, 6.07) is 7.51. The minimum atomic E-state index is -0.285. The molecule has 10 nitrogen and oxygen atoms in total. The second-order valence-corrected chi connectivity index (χ2v) is 7.84. The molecular weight excluding hydrogens is 422 g/mol. The number of aromatic nitrogens is 3. The Morgan fingerprint density at radius 1 is 1.33 bits per heavy atom. The molecule has 172 valence electrons. The summed E-state index contributed by atoms with van der Waals surface area (Å²) in [4.78, 5) is 17.6. The molecule has 0 unspecified atom stereocenters. The molecule has 33 heavy (non-hydrogen) atoms. The van der Waals surface area contributed by atoms with Crippen LogP contribution in [-0.4, -0.2) is 66.8 Å². The minimum Gasteiger partial charge on any atom is -0.495 e. The minimum absolute atomic E-state index is 0.0491. The number of anilines is 3. The van der Waals surface area contributed by atoms with Gasteiger partial charge in [0.25, 0.3) is 0 Å². The first-order valence-electron chi connectivity index (χ1n) is 10.4. The predicted molar refractivity (Wildman–Crippen MR) is 129 cm³/mol. The van der Waals surface area contributed by atoms with Crippen LogP contribution in [0.2, 0.25) is 0 Å². The molecule has 5 N–H and O–H groups in total. The van der Waals surface area contributed by atoms with Crippen molar-refractivity contribution in [2.75, 3.05) is 51.2 Å². The summed E-state index contributed by atoms with van der Waals surface area (Å²) >= 11 is 0. The molecule has 0 saturated carbocycles. The molecule has 0 radical (unpaired) electrons. The molecule has 1 fully saturated rings. The van der Waals surface area contributed by atoms with Crippen molar-refractivity contribution in [3.05, 3.63) is 48.4 Å². The maximum Gasteiger partial charge on any atom is 0.227 e. The van der Waals surface area contributed by atoms with Crippen molar-refractivity contribution >= 4 is 40.1 Å². The third-order valence-electron chi connectivity index (χ3n) is 5.51. The Morgan fingerprint density at radius 2 is 2.18 bits per heavy atom. The number of nitrogens with zero attached hydrogens (tertiary/aromatic N) is 4. The van der Waals surface area contributed by atoms with Crippen molar-refractivity contribution in [3.8, 4) is 5.75 Å². The zero-order valence-electron chi connectivity index (χ0n) is 18.6. The van der Waals surface area contributed by atoms with Crippen LogP contribution in [0, 0.1) is 5.41 Å². The lowest BCUT2D eigenvalue weighted by molar-refractivity contribution is -0.128. The number of ether oxygens (including phenoxy) is 2. The third kappa shape index (κ3) is 4.71. The summed E-state index contributed by atoms with van der Waals surface area (Å²) in [7, 11) is 3.29. The van der Waals surface area contributed by atoms with Gasteiger partial charge in [-0.3, -0.25) is 4.99 Å². The number of aliphatic hydroxyl groups excluding tert-OH is 1. The first kappa shape index (κ1) is 22.4. The number of aliphatic hydroxyl groups is 1. The molecule has 0 bridgehead atoms. The Hall–Kier alpha value is -3.76. The van der Waals surface area contributed by atoms with E-state index < -0.39 is 0 Å². The first-order chi connectivity index (χ1) is 16.1. The van der Waals surface area contributed by atoms with E-state index in [-0.39, 0.29) is 12.0 Å². The number of rotatable bonds is 9. The maximum atomic E-state index is 9.68.